The van der Waals surface area contributed by atoms with Crippen molar-refractivity contribution >= 4 is 5.78 Å². The van der Waals surface area contributed by atoms with Gasteiger partial charge >= 0.3 is 0 Å². The molecule has 1 N–H and O–H groups in total. The molecule has 0 spiro atoms. The molecule has 152 valence electrons. The zero-order valence-electron chi connectivity index (χ0n) is 17.5. The lowest BCUT2D eigenvalue weighted by molar-refractivity contribution is -0.245. The molecule has 4 aliphatic rings. The van der Waals surface area contributed by atoms with Crippen LogP contribution in [0.4, 0.5) is 0 Å². The van der Waals surface area contributed by atoms with Crippen molar-refractivity contribution in [2.24, 2.45) is 22.7 Å². The number of ether oxygens (including phenoxy) is 3. The van der Waals surface area contributed by atoms with Gasteiger partial charge in [-0.25, -0.2) is 0 Å². The van der Waals surface area contributed by atoms with Gasteiger partial charge in [-0.3, -0.25) is 4.79 Å². The third kappa shape index (κ3) is 2.35. The van der Waals surface area contributed by atoms with Gasteiger partial charge in [0.15, 0.2) is 5.78 Å². The van der Waals surface area contributed by atoms with Gasteiger partial charge in [-0.15, -0.1) is 0 Å². The predicted molar refractivity (Wildman–Crippen MR) is 101 cm³/mol. The summed E-state index contributed by atoms with van der Waals surface area (Å²) in [6.07, 6.45) is 2.16. The summed E-state index contributed by atoms with van der Waals surface area (Å²) < 4.78 is 17.5. The van der Waals surface area contributed by atoms with Crippen molar-refractivity contribution < 1.29 is 24.1 Å². The second-order valence-corrected chi connectivity index (χ2v) is 9.92. The summed E-state index contributed by atoms with van der Waals surface area (Å²) in [5, 5.41) is 11.9. The van der Waals surface area contributed by atoms with E-state index in [2.05, 4.69) is 20.8 Å². The van der Waals surface area contributed by atoms with E-state index in [4.69, 9.17) is 14.2 Å². The van der Waals surface area contributed by atoms with E-state index in [0.29, 0.717) is 18.9 Å². The number of methoxy groups -OCH3 is 2. The summed E-state index contributed by atoms with van der Waals surface area (Å²) in [6.45, 7) is 8.96. The number of carbonyl (C=O) groups excluding carboxylic acids is 1. The van der Waals surface area contributed by atoms with Gasteiger partial charge in [-0.2, -0.15) is 0 Å². The molecule has 1 aliphatic heterocycles. The molecule has 0 radical (unpaired) electrons. The number of allylic oxidation sites excluding steroid dienone is 1. The highest BCUT2D eigenvalue weighted by atomic mass is 16.5. The second kappa shape index (κ2) is 6.12. The standard InChI is InChI=1S/C22H34O5/c1-12-7-8-22(24)10-14-13-11-27-15(13)9-16(25-5)21(14,4)19(23)18(26-6)17(12)20(22,2)3/h13-16,18,24H,7-11H2,1-6H3/t13?,14?,15?,16-,18+,21-,22+/m0/s1. The van der Waals surface area contributed by atoms with Crippen LogP contribution in [0.3, 0.4) is 0 Å². The molecule has 1 heterocycles. The number of carbonyl (C=O) groups is 1. The topological polar surface area (TPSA) is 65.0 Å². The lowest BCUT2D eigenvalue weighted by Crippen LogP contribution is -2.68. The van der Waals surface area contributed by atoms with E-state index < -0.39 is 22.5 Å². The van der Waals surface area contributed by atoms with Gasteiger partial charge in [-0.1, -0.05) is 19.4 Å². The molecule has 0 aromatic carbocycles. The Hall–Kier alpha value is -0.750. The maximum Gasteiger partial charge on any atom is 0.174 e. The summed E-state index contributed by atoms with van der Waals surface area (Å²) >= 11 is 0. The fourth-order valence-electron chi connectivity index (χ4n) is 6.68. The van der Waals surface area contributed by atoms with Crippen LogP contribution in [0.15, 0.2) is 11.1 Å². The number of ketones is 1. The number of hydrogen-bond donors (Lipinski definition) is 1. The van der Waals surface area contributed by atoms with Crippen molar-refractivity contribution in [2.75, 3.05) is 20.8 Å². The quantitative estimate of drug-likeness (QED) is 0.749. The summed E-state index contributed by atoms with van der Waals surface area (Å²) in [5.41, 5.74) is 0.105. The van der Waals surface area contributed by atoms with Crippen molar-refractivity contribution in [2.45, 2.75) is 77.3 Å². The lowest BCUT2D eigenvalue weighted by atomic mass is 9.47. The van der Waals surface area contributed by atoms with Crippen molar-refractivity contribution in [3.63, 3.8) is 0 Å². The number of Topliss-reactive ketones (excluding diaryl/α,β-unsaturated/α-hetero) is 1. The Kier molecular flexibility index (Phi) is 4.44. The van der Waals surface area contributed by atoms with Gasteiger partial charge in [0.25, 0.3) is 0 Å². The Morgan fingerprint density at radius 1 is 1.19 bits per heavy atom. The van der Waals surface area contributed by atoms with Crippen LogP contribution >= 0.6 is 0 Å². The molecule has 3 unspecified atom stereocenters. The minimum Gasteiger partial charge on any atom is -0.389 e. The summed E-state index contributed by atoms with van der Waals surface area (Å²) in [7, 11) is 3.30. The third-order valence-corrected chi connectivity index (χ3v) is 8.70. The van der Waals surface area contributed by atoms with Gasteiger partial charge in [0.2, 0.25) is 0 Å². The second-order valence-electron chi connectivity index (χ2n) is 9.92. The van der Waals surface area contributed by atoms with Crippen LogP contribution in [0.1, 0.15) is 53.4 Å². The molecule has 0 aromatic rings. The SMILES string of the molecule is CO[C@H]1C(=O)[C@@]2(C)C(C[C@]3(O)CCC(C)=C1C3(C)C)C1COC1C[C@@H]2OC. The molecule has 4 rings (SSSR count). The Morgan fingerprint density at radius 2 is 1.89 bits per heavy atom. The van der Waals surface area contributed by atoms with Crippen LogP contribution in [-0.4, -0.2) is 55.6 Å². The van der Waals surface area contributed by atoms with Crippen molar-refractivity contribution in [3.05, 3.63) is 11.1 Å². The third-order valence-electron chi connectivity index (χ3n) is 8.70. The molecule has 0 aromatic heterocycles. The molecular formula is C22H34O5. The highest BCUT2D eigenvalue weighted by Crippen LogP contribution is 2.61. The summed E-state index contributed by atoms with van der Waals surface area (Å²) in [5.74, 6) is 0.444. The Balaban J connectivity index is 1.92. The van der Waals surface area contributed by atoms with Crippen molar-refractivity contribution in [3.8, 4) is 0 Å². The zero-order valence-corrected chi connectivity index (χ0v) is 17.5. The fourth-order valence-corrected chi connectivity index (χ4v) is 6.68. The van der Waals surface area contributed by atoms with Crippen LogP contribution in [0.25, 0.3) is 0 Å². The van der Waals surface area contributed by atoms with Gasteiger partial charge in [-0.05, 0) is 44.6 Å². The fraction of sp³-hybridized carbons (Fsp3) is 0.864. The molecule has 27 heavy (non-hydrogen) atoms. The van der Waals surface area contributed by atoms with Crippen LogP contribution in [-0.2, 0) is 19.0 Å². The van der Waals surface area contributed by atoms with E-state index >= 15 is 0 Å². The average molecular weight is 379 g/mol. The summed E-state index contributed by atoms with van der Waals surface area (Å²) in [4.78, 5) is 14.0. The molecule has 3 fully saturated rings. The maximum absolute atomic E-state index is 14.0. The van der Waals surface area contributed by atoms with Crippen molar-refractivity contribution in [1.29, 1.82) is 0 Å². The molecule has 5 heteroatoms. The predicted octanol–water partition coefficient (Wildman–Crippen LogP) is 2.90. The molecule has 2 saturated carbocycles. The van der Waals surface area contributed by atoms with E-state index in [9.17, 15) is 9.90 Å². The Bertz CT molecular complexity index is 682. The highest BCUT2D eigenvalue weighted by Gasteiger charge is 2.66. The first kappa shape index (κ1) is 19.6. The van der Waals surface area contributed by atoms with Gasteiger partial charge < -0.3 is 19.3 Å². The molecule has 2 bridgehead atoms. The van der Waals surface area contributed by atoms with Crippen LogP contribution < -0.4 is 0 Å². The minimum absolute atomic E-state index is 0.0318. The first-order valence-corrected chi connectivity index (χ1v) is 10.3. The van der Waals surface area contributed by atoms with E-state index in [1.165, 1.54) is 5.57 Å². The van der Waals surface area contributed by atoms with Crippen molar-refractivity contribution in [1.82, 2.24) is 0 Å². The molecule has 0 amide bonds. The number of fused-ring (bicyclic) bond motifs is 5. The van der Waals surface area contributed by atoms with Crippen LogP contribution in [0.2, 0.25) is 0 Å². The van der Waals surface area contributed by atoms with Gasteiger partial charge in [0.1, 0.15) is 6.10 Å². The molecule has 7 atom stereocenters. The first-order chi connectivity index (χ1) is 12.6. The first-order valence-electron chi connectivity index (χ1n) is 10.3. The highest BCUT2D eigenvalue weighted by molar-refractivity contribution is 5.93. The normalized spacial score (nSPS) is 48.9. The molecule has 1 saturated heterocycles. The molecule has 5 nitrogen and oxygen atoms in total. The van der Waals surface area contributed by atoms with E-state index in [1.807, 2.05) is 6.92 Å². The van der Waals surface area contributed by atoms with E-state index in [1.54, 1.807) is 14.2 Å². The van der Waals surface area contributed by atoms with Gasteiger partial charge in [0.05, 0.1) is 29.8 Å². The van der Waals surface area contributed by atoms with Crippen LogP contribution in [0.5, 0.6) is 0 Å². The monoisotopic (exact) mass is 378 g/mol. The Labute approximate surface area is 162 Å². The molecule has 3 aliphatic carbocycles. The number of hydrogen-bond acceptors (Lipinski definition) is 5. The molecular weight excluding hydrogens is 344 g/mol. The minimum atomic E-state index is -0.860. The maximum atomic E-state index is 14.0. The van der Waals surface area contributed by atoms with Crippen LogP contribution in [0, 0.1) is 22.7 Å². The number of rotatable bonds is 2. The van der Waals surface area contributed by atoms with E-state index in [-0.39, 0.29) is 23.9 Å². The smallest absolute Gasteiger partial charge is 0.174 e. The zero-order chi connectivity index (χ0) is 19.8. The Morgan fingerprint density at radius 3 is 2.44 bits per heavy atom. The number of aliphatic hydroxyl groups is 1. The average Bonchev–Trinajstić information content (AvgIpc) is 2.59. The summed E-state index contributed by atoms with van der Waals surface area (Å²) in [6, 6.07) is 0. The largest absolute Gasteiger partial charge is 0.389 e. The van der Waals surface area contributed by atoms with Gasteiger partial charge in [0, 0.05) is 32.0 Å². The van der Waals surface area contributed by atoms with E-state index in [0.717, 1.165) is 24.8 Å². The lowest BCUT2D eigenvalue weighted by Gasteiger charge is -2.62.